The van der Waals surface area contributed by atoms with Crippen molar-refractivity contribution >= 4 is 21.4 Å². The molecular formula is C16H17N3O3S. The van der Waals surface area contributed by atoms with Crippen molar-refractivity contribution in [1.29, 1.82) is 0 Å². The molecule has 6 nitrogen and oxygen atoms in total. The number of anilines is 1. The van der Waals surface area contributed by atoms with E-state index in [1.54, 1.807) is 30.5 Å². The smallest absolute Gasteiger partial charge is 0.231 e. The largest absolute Gasteiger partial charge is 0.487 e. The highest BCUT2D eigenvalue weighted by Gasteiger charge is 2.11. The summed E-state index contributed by atoms with van der Waals surface area (Å²) in [5, 5.41) is 0. The van der Waals surface area contributed by atoms with Crippen molar-refractivity contribution in [3.63, 3.8) is 0 Å². The van der Waals surface area contributed by atoms with E-state index in [1.807, 2.05) is 28.8 Å². The van der Waals surface area contributed by atoms with Gasteiger partial charge in [0.2, 0.25) is 10.0 Å². The molecule has 23 heavy (non-hydrogen) atoms. The molecular weight excluding hydrogens is 314 g/mol. The van der Waals surface area contributed by atoms with Gasteiger partial charge in [-0.25, -0.2) is 13.4 Å². The molecule has 7 heteroatoms. The third-order valence-electron chi connectivity index (χ3n) is 3.58. The number of fused-ring (bicyclic) bond motifs is 1. The molecule has 120 valence electrons. The van der Waals surface area contributed by atoms with Gasteiger partial charge in [0.15, 0.2) is 0 Å². The summed E-state index contributed by atoms with van der Waals surface area (Å²) in [5.74, 6) is 0.668. The predicted octanol–water partition coefficient (Wildman–Crippen LogP) is 2.31. The Hall–Kier alpha value is -2.54. The van der Waals surface area contributed by atoms with Crippen LogP contribution in [0.25, 0.3) is 5.65 Å². The second-order valence-corrected chi connectivity index (χ2v) is 7.21. The van der Waals surface area contributed by atoms with Gasteiger partial charge in [0.05, 0.1) is 23.8 Å². The van der Waals surface area contributed by atoms with Crippen LogP contribution in [0.3, 0.4) is 0 Å². The SMILES string of the molecule is CN(c1ccc(OCc2cnc3ccccn23)cc1)S(C)(=O)=O. The Morgan fingerprint density at radius 1 is 1.17 bits per heavy atom. The molecule has 0 bridgehead atoms. The molecule has 2 heterocycles. The summed E-state index contributed by atoms with van der Waals surface area (Å²) in [6.45, 7) is 0.381. The quantitative estimate of drug-likeness (QED) is 0.720. The Bertz CT molecular complexity index is 917. The molecule has 0 radical (unpaired) electrons. The molecule has 0 atom stereocenters. The van der Waals surface area contributed by atoms with Gasteiger partial charge in [-0.3, -0.25) is 4.31 Å². The van der Waals surface area contributed by atoms with Crippen LogP contribution in [0.2, 0.25) is 0 Å². The van der Waals surface area contributed by atoms with Gasteiger partial charge in [0.25, 0.3) is 0 Å². The number of imidazole rings is 1. The lowest BCUT2D eigenvalue weighted by atomic mass is 10.3. The predicted molar refractivity (Wildman–Crippen MR) is 89.2 cm³/mol. The average molecular weight is 331 g/mol. The van der Waals surface area contributed by atoms with E-state index in [1.165, 1.54) is 17.6 Å². The number of hydrogen-bond acceptors (Lipinski definition) is 4. The van der Waals surface area contributed by atoms with Crippen molar-refractivity contribution in [3.8, 4) is 5.75 Å². The first kappa shape index (κ1) is 15.4. The maximum atomic E-state index is 11.5. The number of pyridine rings is 1. The van der Waals surface area contributed by atoms with E-state index < -0.39 is 10.0 Å². The zero-order valence-electron chi connectivity index (χ0n) is 12.9. The van der Waals surface area contributed by atoms with Crippen molar-refractivity contribution in [1.82, 2.24) is 9.38 Å². The van der Waals surface area contributed by atoms with Gasteiger partial charge < -0.3 is 9.14 Å². The van der Waals surface area contributed by atoms with Crippen molar-refractivity contribution < 1.29 is 13.2 Å². The van der Waals surface area contributed by atoms with E-state index >= 15 is 0 Å². The van der Waals surface area contributed by atoms with E-state index in [2.05, 4.69) is 4.98 Å². The van der Waals surface area contributed by atoms with Crippen LogP contribution in [0.1, 0.15) is 5.69 Å². The molecule has 0 amide bonds. The van der Waals surface area contributed by atoms with Crippen LogP contribution in [0, 0.1) is 0 Å². The molecule has 3 aromatic rings. The van der Waals surface area contributed by atoms with Crippen molar-refractivity contribution in [2.24, 2.45) is 0 Å². The van der Waals surface area contributed by atoms with E-state index in [0.29, 0.717) is 18.0 Å². The first-order valence-electron chi connectivity index (χ1n) is 7.03. The standard InChI is InChI=1S/C16H17N3O3S/c1-18(23(2,20)21)13-6-8-15(9-7-13)22-12-14-11-17-16-5-3-4-10-19(14)16/h3-11H,12H2,1-2H3. The number of sulfonamides is 1. The third kappa shape index (κ3) is 3.29. The van der Waals surface area contributed by atoms with E-state index in [0.717, 1.165) is 11.3 Å². The normalized spacial score (nSPS) is 11.6. The first-order chi connectivity index (χ1) is 10.9. The van der Waals surface area contributed by atoms with Gasteiger partial charge in [-0.15, -0.1) is 0 Å². The molecule has 0 fully saturated rings. The van der Waals surface area contributed by atoms with Gasteiger partial charge in [-0.05, 0) is 36.4 Å². The summed E-state index contributed by atoms with van der Waals surface area (Å²) in [4.78, 5) is 4.30. The Balaban J connectivity index is 1.72. The Morgan fingerprint density at radius 2 is 1.91 bits per heavy atom. The summed E-state index contributed by atoms with van der Waals surface area (Å²) < 4.78 is 32.0. The number of nitrogens with zero attached hydrogens (tertiary/aromatic N) is 3. The third-order valence-corrected chi connectivity index (χ3v) is 4.78. The fourth-order valence-corrected chi connectivity index (χ4v) is 2.70. The fourth-order valence-electron chi connectivity index (χ4n) is 2.19. The van der Waals surface area contributed by atoms with Crippen LogP contribution in [-0.2, 0) is 16.6 Å². The number of aromatic nitrogens is 2. The van der Waals surface area contributed by atoms with E-state index in [9.17, 15) is 8.42 Å². The molecule has 2 aromatic heterocycles. The van der Waals surface area contributed by atoms with Crippen LogP contribution in [-0.4, -0.2) is 31.1 Å². The lowest BCUT2D eigenvalue weighted by Gasteiger charge is -2.16. The van der Waals surface area contributed by atoms with Crippen LogP contribution in [0.15, 0.2) is 54.9 Å². The number of hydrogen-bond donors (Lipinski definition) is 0. The Labute approximate surface area is 135 Å². The summed E-state index contributed by atoms with van der Waals surface area (Å²) in [6.07, 6.45) is 4.88. The topological polar surface area (TPSA) is 63.9 Å². The van der Waals surface area contributed by atoms with Gasteiger partial charge in [0, 0.05) is 13.2 Å². The fraction of sp³-hybridized carbons (Fsp3) is 0.188. The first-order valence-corrected chi connectivity index (χ1v) is 8.88. The molecule has 0 aliphatic heterocycles. The highest BCUT2D eigenvalue weighted by Crippen LogP contribution is 2.21. The minimum Gasteiger partial charge on any atom is -0.487 e. The lowest BCUT2D eigenvalue weighted by molar-refractivity contribution is 0.300. The van der Waals surface area contributed by atoms with Gasteiger partial charge in [-0.1, -0.05) is 6.07 Å². The number of ether oxygens (including phenoxy) is 1. The van der Waals surface area contributed by atoms with Crippen LogP contribution in [0.4, 0.5) is 5.69 Å². The number of benzene rings is 1. The van der Waals surface area contributed by atoms with Crippen molar-refractivity contribution in [3.05, 3.63) is 60.6 Å². The molecule has 0 spiro atoms. The molecule has 1 aromatic carbocycles. The molecule has 0 saturated heterocycles. The molecule has 0 aliphatic rings. The van der Waals surface area contributed by atoms with Gasteiger partial charge in [0.1, 0.15) is 18.0 Å². The zero-order chi connectivity index (χ0) is 16.4. The summed E-state index contributed by atoms with van der Waals surface area (Å²) in [7, 11) is -1.74. The molecule has 0 N–H and O–H groups in total. The van der Waals surface area contributed by atoms with Gasteiger partial charge >= 0.3 is 0 Å². The number of rotatable bonds is 5. The second kappa shape index (κ2) is 5.92. The Kier molecular flexibility index (Phi) is 3.96. The summed E-state index contributed by atoms with van der Waals surface area (Å²) >= 11 is 0. The highest BCUT2D eigenvalue weighted by atomic mass is 32.2. The maximum Gasteiger partial charge on any atom is 0.231 e. The minimum atomic E-state index is -3.26. The highest BCUT2D eigenvalue weighted by molar-refractivity contribution is 7.92. The monoisotopic (exact) mass is 331 g/mol. The van der Waals surface area contributed by atoms with Crippen LogP contribution < -0.4 is 9.04 Å². The van der Waals surface area contributed by atoms with Crippen LogP contribution in [0.5, 0.6) is 5.75 Å². The maximum absolute atomic E-state index is 11.5. The average Bonchev–Trinajstić information content (AvgIpc) is 2.95. The lowest BCUT2D eigenvalue weighted by Crippen LogP contribution is -2.24. The van der Waals surface area contributed by atoms with Crippen molar-refractivity contribution in [2.45, 2.75) is 6.61 Å². The second-order valence-electron chi connectivity index (χ2n) is 5.19. The molecule has 0 saturated carbocycles. The summed E-state index contributed by atoms with van der Waals surface area (Å²) in [6, 6.07) is 12.7. The molecule has 3 rings (SSSR count). The van der Waals surface area contributed by atoms with Gasteiger partial charge in [-0.2, -0.15) is 0 Å². The van der Waals surface area contributed by atoms with E-state index in [-0.39, 0.29) is 0 Å². The summed E-state index contributed by atoms with van der Waals surface area (Å²) in [5.41, 5.74) is 2.41. The molecule has 0 unspecified atom stereocenters. The minimum absolute atomic E-state index is 0.381. The van der Waals surface area contributed by atoms with Crippen molar-refractivity contribution in [2.75, 3.05) is 17.6 Å². The Morgan fingerprint density at radius 3 is 2.61 bits per heavy atom. The molecule has 0 aliphatic carbocycles. The van der Waals surface area contributed by atoms with E-state index in [4.69, 9.17) is 4.74 Å². The van der Waals surface area contributed by atoms with Crippen LogP contribution >= 0.6 is 0 Å². The zero-order valence-corrected chi connectivity index (χ0v) is 13.7.